The number of likely N-dealkylation sites (tertiary alicyclic amines) is 1. The predicted molar refractivity (Wildman–Crippen MR) is 109 cm³/mol. The number of aromatic nitrogens is 2. The fraction of sp³-hybridized carbons (Fsp3) is 0.333. The Morgan fingerprint density at radius 3 is 2.78 bits per heavy atom. The maximum absolute atomic E-state index is 6.00. The van der Waals surface area contributed by atoms with Crippen LogP contribution in [0, 0.1) is 0 Å². The minimum Gasteiger partial charge on any atom is -0.474 e. The van der Waals surface area contributed by atoms with Crippen LogP contribution in [-0.2, 0) is 6.54 Å². The van der Waals surface area contributed by atoms with Crippen molar-refractivity contribution in [3.63, 3.8) is 0 Å². The molecule has 0 radical (unpaired) electrons. The normalized spacial score (nSPS) is 15.7. The van der Waals surface area contributed by atoms with Gasteiger partial charge in [0, 0.05) is 49.2 Å². The fourth-order valence-electron chi connectivity index (χ4n) is 3.37. The van der Waals surface area contributed by atoms with Gasteiger partial charge < -0.3 is 20.7 Å². The Morgan fingerprint density at radius 1 is 1.15 bits per heavy atom. The van der Waals surface area contributed by atoms with Crippen molar-refractivity contribution in [3.8, 4) is 5.88 Å². The van der Waals surface area contributed by atoms with E-state index in [1.165, 1.54) is 0 Å². The predicted octanol–water partition coefficient (Wildman–Crippen LogP) is 3.30. The quantitative estimate of drug-likeness (QED) is 0.724. The smallest absolute Gasteiger partial charge is 0.213 e. The second kappa shape index (κ2) is 7.80. The monoisotopic (exact) mass is 363 g/mol. The van der Waals surface area contributed by atoms with Crippen LogP contribution in [-0.4, -0.2) is 41.1 Å². The summed E-state index contributed by atoms with van der Waals surface area (Å²) in [5.74, 6) is 1.27. The standard InChI is InChI=1S/C21H25N5O/c1-26-10-7-18(8-11-26)27-20-5-2-15(14-25-20)13-24-17-3-4-19-16(12-17)6-9-23-21(19)22/h2-6,9,12,14,18,24H,7-8,10-11,13H2,1H3,(H2,22,23). The summed E-state index contributed by atoms with van der Waals surface area (Å²) in [6, 6.07) is 12.1. The van der Waals surface area contributed by atoms with Crippen molar-refractivity contribution in [1.29, 1.82) is 0 Å². The minimum absolute atomic E-state index is 0.275. The van der Waals surface area contributed by atoms with Crippen LogP contribution in [0.15, 0.2) is 48.8 Å². The van der Waals surface area contributed by atoms with E-state index in [1.807, 2.05) is 30.5 Å². The Labute approximate surface area is 159 Å². The molecule has 1 aliphatic rings. The van der Waals surface area contributed by atoms with E-state index in [2.05, 4.69) is 39.4 Å². The number of rotatable bonds is 5. The first-order valence-electron chi connectivity index (χ1n) is 9.35. The lowest BCUT2D eigenvalue weighted by Gasteiger charge is -2.28. The number of hydrogen-bond donors (Lipinski definition) is 2. The first-order valence-corrected chi connectivity index (χ1v) is 9.35. The van der Waals surface area contributed by atoms with Gasteiger partial charge >= 0.3 is 0 Å². The SMILES string of the molecule is CN1CCC(Oc2ccc(CNc3ccc4c(N)nccc4c3)cn2)CC1. The van der Waals surface area contributed by atoms with Crippen LogP contribution in [0.4, 0.5) is 11.5 Å². The molecule has 0 aliphatic carbocycles. The summed E-state index contributed by atoms with van der Waals surface area (Å²) in [5, 5.41) is 5.48. The molecule has 0 spiro atoms. The molecule has 6 heteroatoms. The molecule has 0 unspecified atom stereocenters. The Balaban J connectivity index is 1.35. The van der Waals surface area contributed by atoms with E-state index in [-0.39, 0.29) is 6.10 Å². The highest BCUT2D eigenvalue weighted by Crippen LogP contribution is 2.23. The van der Waals surface area contributed by atoms with Gasteiger partial charge in [0.25, 0.3) is 0 Å². The number of nitrogen functional groups attached to an aromatic ring is 1. The van der Waals surface area contributed by atoms with Crippen LogP contribution in [0.2, 0.25) is 0 Å². The number of nitrogens with two attached hydrogens (primary N) is 1. The molecule has 0 atom stereocenters. The third-order valence-corrected chi connectivity index (χ3v) is 5.04. The molecule has 1 saturated heterocycles. The van der Waals surface area contributed by atoms with E-state index in [9.17, 15) is 0 Å². The Bertz CT molecular complexity index is 904. The second-order valence-corrected chi connectivity index (χ2v) is 7.11. The van der Waals surface area contributed by atoms with E-state index in [0.717, 1.165) is 48.0 Å². The zero-order valence-electron chi connectivity index (χ0n) is 15.6. The molecule has 3 aromatic rings. The summed E-state index contributed by atoms with van der Waals surface area (Å²) in [4.78, 5) is 10.9. The maximum atomic E-state index is 6.00. The second-order valence-electron chi connectivity index (χ2n) is 7.11. The number of hydrogen-bond acceptors (Lipinski definition) is 6. The molecule has 1 aromatic carbocycles. The van der Waals surface area contributed by atoms with Gasteiger partial charge in [0.1, 0.15) is 11.9 Å². The molecule has 0 bridgehead atoms. The Hall–Kier alpha value is -2.86. The van der Waals surface area contributed by atoms with Gasteiger partial charge in [0.2, 0.25) is 5.88 Å². The van der Waals surface area contributed by atoms with E-state index in [4.69, 9.17) is 10.5 Å². The first-order chi connectivity index (χ1) is 13.2. The Morgan fingerprint density at radius 2 is 2.00 bits per heavy atom. The van der Waals surface area contributed by atoms with Gasteiger partial charge in [-0.05, 0) is 55.1 Å². The summed E-state index contributed by atoms with van der Waals surface area (Å²) in [5.41, 5.74) is 8.06. The van der Waals surface area contributed by atoms with Crippen LogP contribution in [0.5, 0.6) is 5.88 Å². The van der Waals surface area contributed by atoms with Crippen molar-refractivity contribution in [2.45, 2.75) is 25.5 Å². The third-order valence-electron chi connectivity index (χ3n) is 5.04. The van der Waals surface area contributed by atoms with Gasteiger partial charge in [-0.25, -0.2) is 9.97 Å². The van der Waals surface area contributed by atoms with Gasteiger partial charge in [-0.3, -0.25) is 0 Å². The molecule has 0 amide bonds. The number of nitrogens with zero attached hydrogens (tertiary/aromatic N) is 3. The highest BCUT2D eigenvalue weighted by molar-refractivity contribution is 5.92. The molecule has 3 N–H and O–H groups in total. The van der Waals surface area contributed by atoms with Gasteiger partial charge in [-0.2, -0.15) is 0 Å². The van der Waals surface area contributed by atoms with Crippen molar-refractivity contribution < 1.29 is 4.74 Å². The van der Waals surface area contributed by atoms with E-state index in [0.29, 0.717) is 18.2 Å². The number of piperidine rings is 1. The summed E-state index contributed by atoms with van der Waals surface area (Å²) < 4.78 is 6.00. The third kappa shape index (κ3) is 4.28. The molecule has 2 aromatic heterocycles. The number of fused-ring (bicyclic) bond motifs is 1. The molecule has 140 valence electrons. The van der Waals surface area contributed by atoms with Crippen molar-refractivity contribution in [2.24, 2.45) is 0 Å². The number of ether oxygens (including phenoxy) is 1. The molecular formula is C21H25N5O. The number of benzene rings is 1. The molecule has 6 nitrogen and oxygen atoms in total. The lowest BCUT2D eigenvalue weighted by Crippen LogP contribution is -2.35. The average Bonchev–Trinajstić information content (AvgIpc) is 2.69. The van der Waals surface area contributed by atoms with Crippen LogP contribution in [0.25, 0.3) is 10.8 Å². The molecule has 4 rings (SSSR count). The van der Waals surface area contributed by atoms with Crippen LogP contribution >= 0.6 is 0 Å². The molecule has 0 saturated carbocycles. The van der Waals surface area contributed by atoms with Crippen molar-refractivity contribution in [3.05, 3.63) is 54.4 Å². The lowest BCUT2D eigenvalue weighted by molar-refractivity contribution is 0.110. The van der Waals surface area contributed by atoms with Crippen LogP contribution < -0.4 is 15.8 Å². The molecule has 27 heavy (non-hydrogen) atoms. The number of pyridine rings is 2. The lowest BCUT2D eigenvalue weighted by atomic mass is 10.1. The van der Waals surface area contributed by atoms with Gasteiger partial charge in [0.15, 0.2) is 0 Å². The fourth-order valence-corrected chi connectivity index (χ4v) is 3.37. The minimum atomic E-state index is 0.275. The van der Waals surface area contributed by atoms with Gasteiger partial charge in [-0.15, -0.1) is 0 Å². The Kier molecular flexibility index (Phi) is 5.07. The van der Waals surface area contributed by atoms with Gasteiger partial charge in [0.05, 0.1) is 0 Å². The molecule has 3 heterocycles. The first kappa shape index (κ1) is 17.5. The highest BCUT2D eigenvalue weighted by atomic mass is 16.5. The topological polar surface area (TPSA) is 76.3 Å². The summed E-state index contributed by atoms with van der Waals surface area (Å²) in [6.07, 6.45) is 6.00. The molecular weight excluding hydrogens is 338 g/mol. The average molecular weight is 363 g/mol. The maximum Gasteiger partial charge on any atom is 0.213 e. The van der Waals surface area contributed by atoms with E-state index < -0.39 is 0 Å². The number of nitrogens with one attached hydrogen (secondary N) is 1. The van der Waals surface area contributed by atoms with Gasteiger partial charge in [-0.1, -0.05) is 6.07 Å². The molecule has 1 aliphatic heterocycles. The van der Waals surface area contributed by atoms with E-state index >= 15 is 0 Å². The van der Waals surface area contributed by atoms with E-state index in [1.54, 1.807) is 6.20 Å². The van der Waals surface area contributed by atoms with Crippen LogP contribution in [0.3, 0.4) is 0 Å². The summed E-state index contributed by atoms with van der Waals surface area (Å²) >= 11 is 0. The largest absolute Gasteiger partial charge is 0.474 e. The van der Waals surface area contributed by atoms with Crippen molar-refractivity contribution in [2.75, 3.05) is 31.2 Å². The zero-order valence-corrected chi connectivity index (χ0v) is 15.6. The molecule has 1 fully saturated rings. The summed E-state index contributed by atoms with van der Waals surface area (Å²) in [6.45, 7) is 2.87. The van der Waals surface area contributed by atoms with Crippen LogP contribution in [0.1, 0.15) is 18.4 Å². The zero-order chi connectivity index (χ0) is 18.6. The van der Waals surface area contributed by atoms with Crippen molar-refractivity contribution in [1.82, 2.24) is 14.9 Å². The van der Waals surface area contributed by atoms with Crippen molar-refractivity contribution >= 4 is 22.3 Å². The highest BCUT2D eigenvalue weighted by Gasteiger charge is 2.18. The summed E-state index contributed by atoms with van der Waals surface area (Å²) in [7, 11) is 2.15. The number of anilines is 2.